The van der Waals surface area contributed by atoms with Crippen molar-refractivity contribution in [3.63, 3.8) is 0 Å². The minimum atomic E-state index is -0.879. The Morgan fingerprint density at radius 3 is 2.35 bits per heavy atom. The first kappa shape index (κ1) is 16.8. The van der Waals surface area contributed by atoms with Crippen LogP contribution in [0.5, 0.6) is 0 Å². The number of rotatable bonds is 6. The van der Waals surface area contributed by atoms with Crippen LogP contribution in [0.25, 0.3) is 0 Å². The predicted octanol–water partition coefficient (Wildman–Crippen LogP) is 2.76. The number of urea groups is 1. The first-order chi connectivity index (χ1) is 9.26. The molecule has 20 heavy (non-hydrogen) atoms. The number of hydrogen-bond donors (Lipinski definition) is 3. The van der Waals surface area contributed by atoms with Crippen LogP contribution in [0.15, 0.2) is 0 Å². The van der Waals surface area contributed by atoms with Crippen LogP contribution < -0.4 is 10.6 Å². The monoisotopic (exact) mass is 284 g/mol. The van der Waals surface area contributed by atoms with Gasteiger partial charge in [0.25, 0.3) is 0 Å². The van der Waals surface area contributed by atoms with Gasteiger partial charge in [0.1, 0.15) is 0 Å². The minimum Gasteiger partial charge on any atom is -0.481 e. The van der Waals surface area contributed by atoms with Gasteiger partial charge in [-0.25, -0.2) is 4.79 Å². The van der Waals surface area contributed by atoms with E-state index in [0.717, 1.165) is 0 Å². The average Bonchev–Trinajstić information content (AvgIpc) is 2.75. The molecule has 116 valence electrons. The van der Waals surface area contributed by atoms with Crippen LogP contribution in [0.3, 0.4) is 0 Å². The van der Waals surface area contributed by atoms with Crippen LogP contribution in [0.1, 0.15) is 59.3 Å². The highest BCUT2D eigenvalue weighted by Gasteiger charge is 2.23. The van der Waals surface area contributed by atoms with Gasteiger partial charge in [-0.15, -0.1) is 0 Å². The van der Waals surface area contributed by atoms with Gasteiger partial charge >= 0.3 is 12.0 Å². The highest BCUT2D eigenvalue weighted by Crippen LogP contribution is 2.24. The second-order valence-corrected chi connectivity index (χ2v) is 7.06. The van der Waals surface area contributed by atoms with E-state index in [9.17, 15) is 9.59 Å². The summed E-state index contributed by atoms with van der Waals surface area (Å²) in [6.07, 6.45) is 5.48. The average molecular weight is 284 g/mol. The van der Waals surface area contributed by atoms with Gasteiger partial charge < -0.3 is 15.7 Å². The van der Waals surface area contributed by atoms with Crippen molar-refractivity contribution in [1.82, 2.24) is 10.6 Å². The maximum Gasteiger partial charge on any atom is 0.315 e. The van der Waals surface area contributed by atoms with Crippen molar-refractivity contribution in [3.8, 4) is 0 Å². The summed E-state index contributed by atoms with van der Waals surface area (Å²) < 4.78 is 0. The van der Waals surface area contributed by atoms with Gasteiger partial charge in [-0.2, -0.15) is 0 Å². The number of carboxylic acids is 1. The number of aliphatic carboxylic acids is 1. The fraction of sp³-hybridized carbons (Fsp3) is 0.867. The molecule has 0 bridgehead atoms. The van der Waals surface area contributed by atoms with Gasteiger partial charge in [-0.3, -0.25) is 4.79 Å². The number of nitrogens with one attached hydrogen (secondary N) is 2. The normalized spacial score (nSPS) is 17.8. The molecule has 5 nitrogen and oxygen atoms in total. The Bertz CT molecular complexity index is 331. The van der Waals surface area contributed by atoms with Crippen molar-refractivity contribution in [2.45, 2.75) is 65.3 Å². The van der Waals surface area contributed by atoms with Gasteiger partial charge in [0.05, 0.1) is 6.42 Å². The molecule has 1 unspecified atom stereocenters. The molecule has 0 saturated heterocycles. The van der Waals surface area contributed by atoms with Gasteiger partial charge in [-0.1, -0.05) is 33.6 Å². The van der Waals surface area contributed by atoms with E-state index < -0.39 is 5.97 Å². The summed E-state index contributed by atoms with van der Waals surface area (Å²) in [7, 11) is 0. The zero-order valence-electron chi connectivity index (χ0n) is 12.9. The van der Waals surface area contributed by atoms with E-state index in [-0.39, 0.29) is 23.9 Å². The van der Waals surface area contributed by atoms with Crippen LogP contribution in [0.2, 0.25) is 0 Å². The molecule has 0 radical (unpaired) electrons. The molecule has 1 rings (SSSR count). The Morgan fingerprint density at radius 1 is 1.25 bits per heavy atom. The van der Waals surface area contributed by atoms with Crippen molar-refractivity contribution >= 4 is 12.0 Å². The van der Waals surface area contributed by atoms with E-state index in [4.69, 9.17) is 5.11 Å². The third-order valence-corrected chi connectivity index (χ3v) is 3.64. The number of hydrogen-bond acceptors (Lipinski definition) is 2. The van der Waals surface area contributed by atoms with Crippen molar-refractivity contribution in [1.29, 1.82) is 0 Å². The van der Waals surface area contributed by atoms with Crippen LogP contribution >= 0.6 is 0 Å². The molecule has 1 aliphatic rings. The molecule has 1 saturated carbocycles. The van der Waals surface area contributed by atoms with Crippen LogP contribution in [-0.4, -0.2) is 29.7 Å². The highest BCUT2D eigenvalue weighted by atomic mass is 16.4. The fourth-order valence-corrected chi connectivity index (χ4v) is 2.81. The van der Waals surface area contributed by atoms with E-state index in [1.807, 2.05) is 20.8 Å². The maximum atomic E-state index is 11.9. The largest absolute Gasteiger partial charge is 0.481 e. The van der Waals surface area contributed by atoms with Gasteiger partial charge in [0, 0.05) is 12.6 Å². The summed E-state index contributed by atoms with van der Waals surface area (Å²) in [5.41, 5.74) is -0.0150. The number of carboxylic acid groups (broad SMARTS) is 1. The Hall–Kier alpha value is -1.26. The van der Waals surface area contributed by atoms with Crippen molar-refractivity contribution < 1.29 is 14.7 Å². The highest BCUT2D eigenvalue weighted by molar-refractivity contribution is 5.75. The second kappa shape index (κ2) is 7.50. The second-order valence-electron chi connectivity index (χ2n) is 7.06. The van der Waals surface area contributed by atoms with E-state index in [1.54, 1.807) is 0 Å². The standard InChI is InChI=1S/C15H28N2O3/c1-15(2,3)9-12(8-13(18)19)17-14(20)16-10-11-6-4-5-7-11/h11-12H,4-10H2,1-3H3,(H,18,19)(H2,16,17,20). The van der Waals surface area contributed by atoms with Gasteiger partial charge in [0.15, 0.2) is 0 Å². The van der Waals surface area contributed by atoms with Crippen LogP contribution in [0.4, 0.5) is 4.79 Å². The molecule has 0 aromatic rings. The molecular weight excluding hydrogens is 256 g/mol. The molecule has 0 aromatic carbocycles. The summed E-state index contributed by atoms with van der Waals surface area (Å²) in [5.74, 6) is -0.295. The summed E-state index contributed by atoms with van der Waals surface area (Å²) in [5, 5.41) is 14.6. The first-order valence-corrected chi connectivity index (χ1v) is 7.52. The Balaban J connectivity index is 2.37. The lowest BCUT2D eigenvalue weighted by Crippen LogP contribution is -2.45. The number of carbonyl (C=O) groups excluding carboxylic acids is 1. The van der Waals surface area contributed by atoms with Crippen molar-refractivity contribution in [3.05, 3.63) is 0 Å². The lowest BCUT2D eigenvalue weighted by Gasteiger charge is -2.26. The number of carbonyl (C=O) groups is 2. The molecule has 3 N–H and O–H groups in total. The lowest BCUT2D eigenvalue weighted by atomic mass is 9.87. The molecule has 1 fully saturated rings. The predicted molar refractivity (Wildman–Crippen MR) is 78.6 cm³/mol. The molecule has 0 spiro atoms. The molecule has 5 heteroatoms. The summed E-state index contributed by atoms with van der Waals surface area (Å²) in [4.78, 5) is 22.7. The maximum absolute atomic E-state index is 11.9. The van der Waals surface area contributed by atoms with Gasteiger partial charge in [-0.05, 0) is 30.6 Å². The third kappa shape index (κ3) is 7.36. The quantitative estimate of drug-likeness (QED) is 0.701. The van der Waals surface area contributed by atoms with Crippen molar-refractivity contribution in [2.24, 2.45) is 11.3 Å². The fourth-order valence-electron chi connectivity index (χ4n) is 2.81. The summed E-state index contributed by atoms with van der Waals surface area (Å²) >= 11 is 0. The molecule has 0 heterocycles. The first-order valence-electron chi connectivity index (χ1n) is 7.52. The Kier molecular flexibility index (Phi) is 6.30. The van der Waals surface area contributed by atoms with Gasteiger partial charge in [0.2, 0.25) is 0 Å². The van der Waals surface area contributed by atoms with E-state index in [0.29, 0.717) is 18.9 Å². The molecule has 2 amide bonds. The molecule has 0 aromatic heterocycles. The zero-order chi connectivity index (χ0) is 15.2. The molecule has 1 atom stereocenters. The number of amides is 2. The SMILES string of the molecule is CC(C)(C)CC(CC(=O)O)NC(=O)NCC1CCCC1. The summed E-state index contributed by atoms with van der Waals surface area (Å²) in [6.45, 7) is 6.82. The molecule has 0 aliphatic heterocycles. The molecular formula is C15H28N2O3. The topological polar surface area (TPSA) is 78.4 Å². The summed E-state index contributed by atoms with van der Waals surface area (Å²) in [6, 6.07) is -0.566. The van der Waals surface area contributed by atoms with E-state index >= 15 is 0 Å². The Labute approximate surface area is 121 Å². The minimum absolute atomic E-state index is 0.0150. The Morgan fingerprint density at radius 2 is 1.85 bits per heavy atom. The molecule has 1 aliphatic carbocycles. The smallest absolute Gasteiger partial charge is 0.315 e. The van der Waals surface area contributed by atoms with Crippen LogP contribution in [-0.2, 0) is 4.79 Å². The van der Waals surface area contributed by atoms with Crippen LogP contribution in [0, 0.1) is 11.3 Å². The van der Waals surface area contributed by atoms with Crippen molar-refractivity contribution in [2.75, 3.05) is 6.54 Å². The lowest BCUT2D eigenvalue weighted by molar-refractivity contribution is -0.137. The van der Waals surface area contributed by atoms with E-state index in [1.165, 1.54) is 25.7 Å². The third-order valence-electron chi connectivity index (χ3n) is 3.64. The zero-order valence-corrected chi connectivity index (χ0v) is 12.9. The van der Waals surface area contributed by atoms with E-state index in [2.05, 4.69) is 10.6 Å².